The van der Waals surface area contributed by atoms with Gasteiger partial charge in [0.15, 0.2) is 0 Å². The zero-order valence-corrected chi connectivity index (χ0v) is 10.7. The van der Waals surface area contributed by atoms with Crippen LogP contribution in [-0.4, -0.2) is 16.0 Å². The van der Waals surface area contributed by atoms with Crippen molar-refractivity contribution >= 4 is 5.69 Å². The van der Waals surface area contributed by atoms with E-state index < -0.39 is 0 Å². The lowest BCUT2D eigenvalue weighted by Gasteiger charge is -2.14. The molecule has 1 aromatic carbocycles. The number of nitrogens with one attached hydrogen (secondary N) is 2. The molecule has 0 aliphatic heterocycles. The quantitative estimate of drug-likeness (QED) is 0.860. The second-order valence-electron chi connectivity index (χ2n) is 5.30. The number of hydrogen-bond donors (Lipinski definition) is 2. The first-order valence-corrected chi connectivity index (χ1v) is 6.66. The van der Waals surface area contributed by atoms with Gasteiger partial charge in [-0.3, -0.25) is 0 Å². The average molecular weight is 241 g/mol. The Labute approximate surface area is 108 Å². The summed E-state index contributed by atoms with van der Waals surface area (Å²) < 4.78 is 0. The Hall–Kier alpha value is -1.77. The first kappa shape index (κ1) is 11.3. The fraction of sp³-hybridized carbons (Fsp3) is 0.400. The summed E-state index contributed by atoms with van der Waals surface area (Å²) in [6.07, 6.45) is 7.50. The van der Waals surface area contributed by atoms with Crippen LogP contribution in [0.1, 0.15) is 26.2 Å². The highest BCUT2D eigenvalue weighted by Crippen LogP contribution is 2.28. The van der Waals surface area contributed by atoms with E-state index in [0.29, 0.717) is 6.04 Å². The second-order valence-corrected chi connectivity index (χ2v) is 5.30. The molecule has 0 bridgehead atoms. The Kier molecular flexibility index (Phi) is 3.05. The smallest absolute Gasteiger partial charge is 0.0924 e. The number of hydrogen-bond acceptors (Lipinski definition) is 2. The molecule has 1 fully saturated rings. The van der Waals surface area contributed by atoms with Gasteiger partial charge >= 0.3 is 0 Å². The van der Waals surface area contributed by atoms with Gasteiger partial charge < -0.3 is 10.3 Å². The third-order valence-electron chi connectivity index (χ3n) is 3.76. The molecule has 18 heavy (non-hydrogen) atoms. The van der Waals surface area contributed by atoms with Crippen molar-refractivity contribution in [2.24, 2.45) is 5.92 Å². The van der Waals surface area contributed by atoms with Gasteiger partial charge in [-0.15, -0.1) is 0 Å². The van der Waals surface area contributed by atoms with Crippen LogP contribution in [0.15, 0.2) is 36.8 Å². The molecular formula is C15H19N3. The van der Waals surface area contributed by atoms with Gasteiger partial charge in [-0.25, -0.2) is 4.98 Å². The van der Waals surface area contributed by atoms with E-state index in [4.69, 9.17) is 0 Å². The molecule has 3 nitrogen and oxygen atoms in total. The lowest BCUT2D eigenvalue weighted by Crippen LogP contribution is -2.14. The lowest BCUT2D eigenvalue weighted by molar-refractivity contribution is 0.602. The van der Waals surface area contributed by atoms with Crippen LogP contribution in [0.2, 0.25) is 0 Å². The summed E-state index contributed by atoms with van der Waals surface area (Å²) in [6, 6.07) is 9.22. The zero-order valence-electron chi connectivity index (χ0n) is 10.7. The molecule has 0 radical (unpaired) electrons. The van der Waals surface area contributed by atoms with Crippen LogP contribution in [0.5, 0.6) is 0 Å². The Morgan fingerprint density at radius 2 is 2.06 bits per heavy atom. The van der Waals surface area contributed by atoms with Crippen LogP contribution in [0.4, 0.5) is 5.69 Å². The molecule has 2 atom stereocenters. The average Bonchev–Trinajstić information content (AvgIpc) is 3.02. The standard InChI is InChI=1S/C15H19N3/c1-11-2-5-14(8-11)18-13-6-3-12(4-7-13)15-9-16-10-17-15/h3-4,6-7,9-11,14,18H,2,5,8H2,1H3,(H,16,17). The Morgan fingerprint density at radius 3 is 2.67 bits per heavy atom. The van der Waals surface area contributed by atoms with Gasteiger partial charge in [0.1, 0.15) is 0 Å². The van der Waals surface area contributed by atoms with Crippen molar-refractivity contribution in [2.75, 3.05) is 5.32 Å². The predicted octanol–water partition coefficient (Wildman–Crippen LogP) is 3.68. The second kappa shape index (κ2) is 4.84. The molecular weight excluding hydrogens is 222 g/mol. The molecule has 94 valence electrons. The summed E-state index contributed by atoms with van der Waals surface area (Å²) >= 11 is 0. The number of imidazole rings is 1. The first-order chi connectivity index (χ1) is 8.81. The van der Waals surface area contributed by atoms with Crippen molar-refractivity contribution in [1.82, 2.24) is 9.97 Å². The van der Waals surface area contributed by atoms with Gasteiger partial charge in [0.05, 0.1) is 18.2 Å². The van der Waals surface area contributed by atoms with Crippen molar-refractivity contribution in [3.63, 3.8) is 0 Å². The molecule has 1 aliphatic rings. The summed E-state index contributed by atoms with van der Waals surface area (Å²) in [6.45, 7) is 2.34. The molecule has 1 heterocycles. The normalized spacial score (nSPS) is 23.2. The number of rotatable bonds is 3. The zero-order chi connectivity index (χ0) is 12.4. The summed E-state index contributed by atoms with van der Waals surface area (Å²) in [7, 11) is 0. The molecule has 1 aliphatic carbocycles. The molecule has 3 rings (SSSR count). The fourth-order valence-electron chi connectivity index (χ4n) is 2.73. The van der Waals surface area contributed by atoms with Gasteiger partial charge in [0.2, 0.25) is 0 Å². The van der Waals surface area contributed by atoms with E-state index in [-0.39, 0.29) is 0 Å². The number of aromatic nitrogens is 2. The fourth-order valence-corrected chi connectivity index (χ4v) is 2.73. The van der Waals surface area contributed by atoms with Gasteiger partial charge in [-0.1, -0.05) is 19.1 Å². The molecule has 1 aromatic heterocycles. The summed E-state index contributed by atoms with van der Waals surface area (Å²) in [5, 5.41) is 3.62. The van der Waals surface area contributed by atoms with E-state index >= 15 is 0 Å². The minimum Gasteiger partial charge on any atom is -0.382 e. The Balaban J connectivity index is 1.68. The molecule has 2 aromatic rings. The van der Waals surface area contributed by atoms with Crippen molar-refractivity contribution in [1.29, 1.82) is 0 Å². The minimum absolute atomic E-state index is 0.651. The van der Waals surface area contributed by atoms with E-state index in [0.717, 1.165) is 11.6 Å². The van der Waals surface area contributed by atoms with Crippen LogP contribution in [0.3, 0.4) is 0 Å². The van der Waals surface area contributed by atoms with Crippen molar-refractivity contribution in [3.05, 3.63) is 36.8 Å². The summed E-state index contributed by atoms with van der Waals surface area (Å²) in [5.41, 5.74) is 3.46. The predicted molar refractivity (Wildman–Crippen MR) is 74.4 cm³/mol. The maximum Gasteiger partial charge on any atom is 0.0924 e. The Morgan fingerprint density at radius 1 is 1.22 bits per heavy atom. The highest BCUT2D eigenvalue weighted by molar-refractivity contribution is 5.62. The van der Waals surface area contributed by atoms with E-state index in [2.05, 4.69) is 46.5 Å². The molecule has 3 heteroatoms. The number of benzene rings is 1. The molecule has 0 amide bonds. The number of anilines is 1. The SMILES string of the molecule is CC1CCC(Nc2ccc(-c3cnc[nH]3)cc2)C1. The van der Waals surface area contributed by atoms with Gasteiger partial charge in [0.25, 0.3) is 0 Å². The molecule has 2 unspecified atom stereocenters. The minimum atomic E-state index is 0.651. The molecule has 0 saturated heterocycles. The third kappa shape index (κ3) is 2.40. The van der Waals surface area contributed by atoms with Gasteiger partial charge in [0, 0.05) is 11.7 Å². The summed E-state index contributed by atoms with van der Waals surface area (Å²) in [5.74, 6) is 0.867. The van der Waals surface area contributed by atoms with E-state index in [1.54, 1.807) is 6.33 Å². The highest BCUT2D eigenvalue weighted by Gasteiger charge is 2.20. The number of aromatic amines is 1. The van der Waals surface area contributed by atoms with Crippen molar-refractivity contribution in [3.8, 4) is 11.3 Å². The van der Waals surface area contributed by atoms with E-state index in [1.807, 2.05) is 6.20 Å². The van der Waals surface area contributed by atoms with Gasteiger partial charge in [-0.05, 0) is 42.9 Å². The van der Waals surface area contributed by atoms with E-state index in [9.17, 15) is 0 Å². The van der Waals surface area contributed by atoms with Crippen LogP contribution >= 0.6 is 0 Å². The monoisotopic (exact) mass is 241 g/mol. The molecule has 1 saturated carbocycles. The largest absolute Gasteiger partial charge is 0.382 e. The van der Waals surface area contributed by atoms with E-state index in [1.165, 1.54) is 30.5 Å². The highest BCUT2D eigenvalue weighted by atomic mass is 14.9. The first-order valence-electron chi connectivity index (χ1n) is 6.66. The molecule has 2 N–H and O–H groups in total. The maximum absolute atomic E-state index is 4.04. The maximum atomic E-state index is 4.04. The van der Waals surface area contributed by atoms with Crippen LogP contribution in [-0.2, 0) is 0 Å². The molecule has 0 spiro atoms. The van der Waals surface area contributed by atoms with Crippen LogP contribution in [0.25, 0.3) is 11.3 Å². The van der Waals surface area contributed by atoms with Crippen LogP contribution < -0.4 is 5.32 Å². The third-order valence-corrected chi connectivity index (χ3v) is 3.76. The van der Waals surface area contributed by atoms with Crippen molar-refractivity contribution < 1.29 is 0 Å². The van der Waals surface area contributed by atoms with Gasteiger partial charge in [-0.2, -0.15) is 0 Å². The number of nitrogens with zero attached hydrogens (tertiary/aromatic N) is 1. The number of H-pyrrole nitrogens is 1. The van der Waals surface area contributed by atoms with Crippen LogP contribution in [0, 0.1) is 5.92 Å². The van der Waals surface area contributed by atoms with Crippen molar-refractivity contribution in [2.45, 2.75) is 32.2 Å². The lowest BCUT2D eigenvalue weighted by atomic mass is 10.1. The Bertz CT molecular complexity index is 487. The topological polar surface area (TPSA) is 40.7 Å². The summed E-state index contributed by atoms with van der Waals surface area (Å²) in [4.78, 5) is 7.16.